The molecule has 0 bridgehead atoms. The number of anilines is 1. The summed E-state index contributed by atoms with van der Waals surface area (Å²) in [5, 5.41) is 6.95. The second kappa shape index (κ2) is 5.59. The SMILES string of the molecule is CN(CC1CCc2nccn2C1)C(=O)Nc1ccn(C)n1. The highest BCUT2D eigenvalue weighted by molar-refractivity contribution is 5.87. The Morgan fingerprint density at radius 1 is 1.52 bits per heavy atom. The van der Waals surface area contributed by atoms with Gasteiger partial charge in [0.2, 0.25) is 0 Å². The molecule has 3 heterocycles. The Kier molecular flexibility index (Phi) is 3.64. The third-order valence-corrected chi connectivity index (χ3v) is 3.86. The molecule has 0 aromatic carbocycles. The molecular formula is C14H20N6O. The number of rotatable bonds is 3. The van der Waals surface area contributed by atoms with Crippen LogP contribution in [0.5, 0.6) is 0 Å². The highest BCUT2D eigenvalue weighted by atomic mass is 16.2. The number of nitrogens with one attached hydrogen (secondary N) is 1. The highest BCUT2D eigenvalue weighted by Gasteiger charge is 2.22. The molecule has 2 aromatic rings. The third-order valence-electron chi connectivity index (χ3n) is 3.86. The van der Waals surface area contributed by atoms with Crippen molar-refractivity contribution in [1.29, 1.82) is 0 Å². The van der Waals surface area contributed by atoms with Crippen LogP contribution in [-0.2, 0) is 20.0 Å². The summed E-state index contributed by atoms with van der Waals surface area (Å²) in [6.07, 6.45) is 7.70. The highest BCUT2D eigenvalue weighted by Crippen LogP contribution is 2.19. The van der Waals surface area contributed by atoms with E-state index < -0.39 is 0 Å². The number of aryl methyl sites for hydroxylation is 2. The Morgan fingerprint density at radius 2 is 2.38 bits per heavy atom. The van der Waals surface area contributed by atoms with Gasteiger partial charge in [-0.2, -0.15) is 5.10 Å². The minimum Gasteiger partial charge on any atom is -0.335 e. The molecule has 2 aromatic heterocycles. The van der Waals surface area contributed by atoms with Crippen LogP contribution in [-0.4, -0.2) is 43.9 Å². The lowest BCUT2D eigenvalue weighted by molar-refractivity contribution is 0.205. The van der Waals surface area contributed by atoms with E-state index in [0.717, 1.165) is 31.8 Å². The summed E-state index contributed by atoms with van der Waals surface area (Å²) in [7, 11) is 3.64. The Morgan fingerprint density at radius 3 is 3.14 bits per heavy atom. The molecule has 0 fully saturated rings. The molecule has 3 rings (SSSR count). The second-order valence-corrected chi connectivity index (χ2v) is 5.59. The van der Waals surface area contributed by atoms with Crippen LogP contribution in [0.3, 0.4) is 0 Å². The summed E-state index contributed by atoms with van der Waals surface area (Å²) in [4.78, 5) is 18.2. The molecular weight excluding hydrogens is 268 g/mol. The lowest BCUT2D eigenvalue weighted by Gasteiger charge is -2.28. The van der Waals surface area contributed by atoms with Crippen molar-refractivity contribution >= 4 is 11.8 Å². The van der Waals surface area contributed by atoms with Crippen molar-refractivity contribution in [2.45, 2.75) is 19.4 Å². The molecule has 112 valence electrons. The van der Waals surface area contributed by atoms with E-state index in [0.29, 0.717) is 11.7 Å². The van der Waals surface area contributed by atoms with Crippen molar-refractivity contribution in [3.05, 3.63) is 30.5 Å². The standard InChI is InChI=1S/C14H20N6O/c1-18(14(21)16-12-5-7-19(2)17-12)9-11-3-4-13-15-6-8-20(13)10-11/h5-8,11H,3-4,9-10H2,1-2H3,(H,16,17,21). The molecule has 21 heavy (non-hydrogen) atoms. The smallest absolute Gasteiger partial charge is 0.322 e. The van der Waals surface area contributed by atoms with Crippen LogP contribution in [0.1, 0.15) is 12.2 Å². The maximum Gasteiger partial charge on any atom is 0.322 e. The molecule has 1 N–H and O–H groups in total. The number of nitrogens with zero attached hydrogens (tertiary/aromatic N) is 5. The van der Waals surface area contributed by atoms with E-state index in [4.69, 9.17) is 0 Å². The van der Waals surface area contributed by atoms with Gasteiger partial charge in [-0.1, -0.05) is 0 Å². The van der Waals surface area contributed by atoms with E-state index in [2.05, 4.69) is 20.0 Å². The first-order chi connectivity index (χ1) is 10.1. The second-order valence-electron chi connectivity index (χ2n) is 5.59. The van der Waals surface area contributed by atoms with E-state index >= 15 is 0 Å². The Bertz CT molecular complexity index is 631. The van der Waals surface area contributed by atoms with Crippen molar-refractivity contribution in [2.75, 3.05) is 18.9 Å². The van der Waals surface area contributed by atoms with Gasteiger partial charge in [0.05, 0.1) is 0 Å². The van der Waals surface area contributed by atoms with Crippen molar-refractivity contribution in [2.24, 2.45) is 13.0 Å². The summed E-state index contributed by atoms with van der Waals surface area (Å²) < 4.78 is 3.84. The zero-order valence-corrected chi connectivity index (χ0v) is 12.4. The minimum atomic E-state index is -0.120. The van der Waals surface area contributed by atoms with Gasteiger partial charge in [0.1, 0.15) is 5.82 Å². The van der Waals surface area contributed by atoms with Crippen LogP contribution in [0, 0.1) is 5.92 Å². The summed E-state index contributed by atoms with van der Waals surface area (Å²) in [5.41, 5.74) is 0. The zero-order valence-electron chi connectivity index (χ0n) is 12.4. The van der Waals surface area contributed by atoms with Gasteiger partial charge in [0.25, 0.3) is 0 Å². The van der Waals surface area contributed by atoms with E-state index in [1.807, 2.05) is 26.5 Å². The molecule has 0 saturated carbocycles. The van der Waals surface area contributed by atoms with Crippen LogP contribution in [0.2, 0.25) is 0 Å². The summed E-state index contributed by atoms with van der Waals surface area (Å²) >= 11 is 0. The van der Waals surface area contributed by atoms with Crippen molar-refractivity contribution in [3.8, 4) is 0 Å². The molecule has 1 unspecified atom stereocenters. The van der Waals surface area contributed by atoms with Crippen molar-refractivity contribution in [3.63, 3.8) is 0 Å². The fourth-order valence-electron chi connectivity index (χ4n) is 2.74. The first-order valence-corrected chi connectivity index (χ1v) is 7.13. The zero-order chi connectivity index (χ0) is 14.8. The summed E-state index contributed by atoms with van der Waals surface area (Å²) in [5.74, 6) is 2.19. The molecule has 7 nitrogen and oxygen atoms in total. The van der Waals surface area contributed by atoms with E-state index in [-0.39, 0.29) is 6.03 Å². The topological polar surface area (TPSA) is 68.0 Å². The van der Waals surface area contributed by atoms with E-state index in [9.17, 15) is 4.79 Å². The number of carbonyl (C=O) groups is 1. The van der Waals surface area contributed by atoms with Crippen LogP contribution < -0.4 is 5.32 Å². The maximum absolute atomic E-state index is 12.1. The first-order valence-electron chi connectivity index (χ1n) is 7.13. The number of carbonyl (C=O) groups excluding carboxylic acids is 1. The first kappa shape index (κ1) is 13.7. The van der Waals surface area contributed by atoms with E-state index in [1.54, 1.807) is 21.8 Å². The summed E-state index contributed by atoms with van der Waals surface area (Å²) in [6, 6.07) is 1.66. The predicted octanol–water partition coefficient (Wildman–Crippen LogP) is 1.34. The molecule has 1 atom stereocenters. The largest absolute Gasteiger partial charge is 0.335 e. The normalized spacial score (nSPS) is 17.3. The summed E-state index contributed by atoms with van der Waals surface area (Å²) in [6.45, 7) is 1.66. The van der Waals surface area contributed by atoms with Gasteiger partial charge in [-0.15, -0.1) is 0 Å². The van der Waals surface area contributed by atoms with Gasteiger partial charge in [-0.05, 0) is 12.3 Å². The molecule has 2 amide bonds. The monoisotopic (exact) mass is 288 g/mol. The molecule has 1 aliphatic heterocycles. The lowest BCUT2D eigenvalue weighted by atomic mass is 9.99. The molecule has 7 heteroatoms. The molecule has 0 aliphatic carbocycles. The minimum absolute atomic E-state index is 0.120. The average molecular weight is 288 g/mol. The quantitative estimate of drug-likeness (QED) is 0.927. The van der Waals surface area contributed by atoms with Gasteiger partial charge in [-0.3, -0.25) is 10.00 Å². The average Bonchev–Trinajstić information content (AvgIpc) is 3.07. The van der Waals surface area contributed by atoms with Gasteiger partial charge in [-0.25, -0.2) is 9.78 Å². The Hall–Kier alpha value is -2.31. The molecule has 0 radical (unpaired) electrons. The number of aromatic nitrogens is 4. The predicted molar refractivity (Wildman–Crippen MR) is 78.9 cm³/mol. The Balaban J connectivity index is 1.54. The van der Waals surface area contributed by atoms with Crippen LogP contribution in [0.4, 0.5) is 10.6 Å². The van der Waals surface area contributed by atoms with Gasteiger partial charge >= 0.3 is 6.03 Å². The van der Waals surface area contributed by atoms with Gasteiger partial charge in [0.15, 0.2) is 5.82 Å². The number of imidazole rings is 1. The van der Waals surface area contributed by atoms with Crippen LogP contribution in [0.25, 0.3) is 0 Å². The number of hydrogen-bond acceptors (Lipinski definition) is 3. The van der Waals surface area contributed by atoms with Crippen molar-refractivity contribution in [1.82, 2.24) is 24.2 Å². The van der Waals surface area contributed by atoms with E-state index in [1.165, 1.54) is 0 Å². The molecule has 1 aliphatic rings. The number of hydrogen-bond donors (Lipinski definition) is 1. The van der Waals surface area contributed by atoms with Crippen molar-refractivity contribution < 1.29 is 4.79 Å². The van der Waals surface area contributed by atoms with Gasteiger partial charge in [0, 0.05) is 58.3 Å². The fourth-order valence-corrected chi connectivity index (χ4v) is 2.74. The number of urea groups is 1. The Labute approximate surface area is 123 Å². The molecule has 0 saturated heterocycles. The number of amides is 2. The molecule has 0 spiro atoms. The maximum atomic E-state index is 12.1. The third kappa shape index (κ3) is 3.07. The van der Waals surface area contributed by atoms with Gasteiger partial charge < -0.3 is 9.47 Å². The number of fused-ring (bicyclic) bond motifs is 1. The fraction of sp³-hybridized carbons (Fsp3) is 0.500. The lowest BCUT2D eigenvalue weighted by Crippen LogP contribution is -2.37. The van der Waals surface area contributed by atoms with Crippen LogP contribution in [0.15, 0.2) is 24.7 Å². The van der Waals surface area contributed by atoms with Crippen LogP contribution >= 0.6 is 0 Å².